The van der Waals surface area contributed by atoms with Crippen molar-refractivity contribution in [1.82, 2.24) is 4.98 Å². The third-order valence-corrected chi connectivity index (χ3v) is 2.96. The van der Waals surface area contributed by atoms with Gasteiger partial charge >= 0.3 is 5.97 Å². The van der Waals surface area contributed by atoms with E-state index in [9.17, 15) is 18.4 Å². The van der Waals surface area contributed by atoms with Crippen molar-refractivity contribution >= 4 is 32.8 Å². The molecule has 0 fully saturated rings. The molecule has 0 spiro atoms. The van der Waals surface area contributed by atoms with Crippen LogP contribution in [0.5, 0.6) is 0 Å². The van der Waals surface area contributed by atoms with Gasteiger partial charge in [0.15, 0.2) is 5.43 Å². The Morgan fingerprint density at radius 3 is 2.53 bits per heavy atom. The molecule has 1 aromatic heterocycles. The van der Waals surface area contributed by atoms with Crippen LogP contribution in [0, 0.1) is 11.6 Å². The monoisotopic (exact) mass is 303 g/mol. The number of H-pyrrole nitrogens is 1. The number of rotatable bonds is 1. The second-order valence-corrected chi connectivity index (χ2v) is 4.05. The standard InChI is InChI=1S/C10H4BrF2NO3/c11-8-3(12)1-4(13)9-7(8)6(15)2-5(14-9)10(16)17/h1-2H,(H,14,15)(H,16,17). The van der Waals surface area contributed by atoms with E-state index < -0.39 is 28.7 Å². The van der Waals surface area contributed by atoms with Crippen LogP contribution in [-0.2, 0) is 0 Å². The highest BCUT2D eigenvalue weighted by molar-refractivity contribution is 9.10. The normalized spacial score (nSPS) is 10.8. The third kappa shape index (κ3) is 1.82. The number of hydrogen-bond acceptors (Lipinski definition) is 2. The molecule has 0 saturated heterocycles. The molecule has 0 unspecified atom stereocenters. The fraction of sp³-hybridized carbons (Fsp3) is 0. The lowest BCUT2D eigenvalue weighted by atomic mass is 10.2. The summed E-state index contributed by atoms with van der Waals surface area (Å²) in [6.07, 6.45) is 0. The van der Waals surface area contributed by atoms with Crippen LogP contribution in [0.15, 0.2) is 21.4 Å². The van der Waals surface area contributed by atoms with Gasteiger partial charge in [0.1, 0.15) is 17.3 Å². The summed E-state index contributed by atoms with van der Waals surface area (Å²) in [6, 6.07) is 1.34. The van der Waals surface area contributed by atoms with E-state index in [1.165, 1.54) is 0 Å². The smallest absolute Gasteiger partial charge is 0.352 e. The fourth-order valence-corrected chi connectivity index (χ4v) is 1.95. The average molecular weight is 304 g/mol. The van der Waals surface area contributed by atoms with Crippen LogP contribution in [-0.4, -0.2) is 16.1 Å². The highest BCUT2D eigenvalue weighted by atomic mass is 79.9. The van der Waals surface area contributed by atoms with Crippen molar-refractivity contribution in [3.05, 3.63) is 44.2 Å². The van der Waals surface area contributed by atoms with Gasteiger partial charge in [-0.05, 0) is 15.9 Å². The molecule has 0 amide bonds. The van der Waals surface area contributed by atoms with Crippen LogP contribution in [0.3, 0.4) is 0 Å². The van der Waals surface area contributed by atoms with Gasteiger partial charge in [0.25, 0.3) is 0 Å². The van der Waals surface area contributed by atoms with Crippen LogP contribution in [0.25, 0.3) is 10.9 Å². The van der Waals surface area contributed by atoms with Gasteiger partial charge in [0, 0.05) is 12.1 Å². The van der Waals surface area contributed by atoms with Gasteiger partial charge in [-0.2, -0.15) is 0 Å². The van der Waals surface area contributed by atoms with Crippen LogP contribution in [0.1, 0.15) is 10.5 Å². The van der Waals surface area contributed by atoms with E-state index in [0.717, 1.165) is 6.07 Å². The number of carboxylic acids is 1. The van der Waals surface area contributed by atoms with E-state index in [1.807, 2.05) is 0 Å². The molecule has 2 N–H and O–H groups in total. The first-order valence-electron chi connectivity index (χ1n) is 4.35. The molecular formula is C10H4BrF2NO3. The second-order valence-electron chi connectivity index (χ2n) is 3.26. The maximum atomic E-state index is 13.4. The molecule has 2 aromatic rings. The summed E-state index contributed by atoms with van der Waals surface area (Å²) >= 11 is 2.82. The third-order valence-electron chi connectivity index (χ3n) is 2.18. The molecule has 17 heavy (non-hydrogen) atoms. The first kappa shape index (κ1) is 11.7. The molecule has 0 radical (unpaired) electrons. The largest absolute Gasteiger partial charge is 0.477 e. The molecule has 0 bridgehead atoms. The zero-order chi connectivity index (χ0) is 12.7. The number of aromatic amines is 1. The van der Waals surface area contributed by atoms with Crippen molar-refractivity contribution in [1.29, 1.82) is 0 Å². The number of hydrogen-bond donors (Lipinski definition) is 2. The van der Waals surface area contributed by atoms with Gasteiger partial charge in [-0.25, -0.2) is 13.6 Å². The minimum atomic E-state index is -1.40. The zero-order valence-corrected chi connectivity index (χ0v) is 9.64. The summed E-state index contributed by atoms with van der Waals surface area (Å²) in [6.45, 7) is 0. The predicted octanol–water partition coefficient (Wildman–Crippen LogP) is 2.27. The summed E-state index contributed by atoms with van der Waals surface area (Å²) in [5, 5.41) is 8.45. The maximum absolute atomic E-state index is 13.4. The molecule has 0 saturated carbocycles. The van der Waals surface area contributed by atoms with Crippen molar-refractivity contribution in [2.75, 3.05) is 0 Å². The first-order chi connectivity index (χ1) is 7.91. The van der Waals surface area contributed by atoms with Crippen molar-refractivity contribution in [2.24, 2.45) is 0 Å². The van der Waals surface area contributed by atoms with E-state index >= 15 is 0 Å². The number of fused-ring (bicyclic) bond motifs is 1. The predicted molar refractivity (Wildman–Crippen MR) is 59.1 cm³/mol. The number of aromatic nitrogens is 1. The van der Waals surface area contributed by atoms with Crippen LogP contribution < -0.4 is 5.43 Å². The Labute approximate surface area is 101 Å². The van der Waals surface area contributed by atoms with Gasteiger partial charge in [0.2, 0.25) is 0 Å². The Kier molecular flexibility index (Phi) is 2.70. The van der Waals surface area contributed by atoms with Gasteiger partial charge in [-0.3, -0.25) is 4.79 Å². The summed E-state index contributed by atoms with van der Waals surface area (Å²) < 4.78 is 26.4. The van der Waals surface area contributed by atoms with Crippen LogP contribution in [0.2, 0.25) is 0 Å². The van der Waals surface area contributed by atoms with Crippen LogP contribution >= 0.6 is 15.9 Å². The Hall–Kier alpha value is -1.76. The van der Waals surface area contributed by atoms with E-state index in [-0.39, 0.29) is 15.4 Å². The molecule has 0 atom stereocenters. The SMILES string of the molecule is O=C(O)c1cc(=O)c2c(Br)c(F)cc(F)c2[nH]1. The number of aromatic carboxylic acids is 1. The maximum Gasteiger partial charge on any atom is 0.352 e. The number of carboxylic acid groups (broad SMARTS) is 1. The summed E-state index contributed by atoms with van der Waals surface area (Å²) in [5.41, 5.74) is -1.58. The molecule has 1 aromatic carbocycles. The quantitative estimate of drug-likeness (QED) is 0.794. The van der Waals surface area contributed by atoms with Gasteiger partial charge in [-0.15, -0.1) is 0 Å². The van der Waals surface area contributed by atoms with Crippen molar-refractivity contribution < 1.29 is 18.7 Å². The van der Waals surface area contributed by atoms with Gasteiger partial charge in [-0.1, -0.05) is 0 Å². The Morgan fingerprint density at radius 1 is 1.29 bits per heavy atom. The Bertz CT molecular complexity index is 696. The molecule has 7 heteroatoms. The lowest BCUT2D eigenvalue weighted by Crippen LogP contribution is -2.11. The molecule has 88 valence electrons. The van der Waals surface area contributed by atoms with Crippen molar-refractivity contribution in [2.45, 2.75) is 0 Å². The zero-order valence-electron chi connectivity index (χ0n) is 8.05. The lowest BCUT2D eigenvalue weighted by Gasteiger charge is -2.04. The Morgan fingerprint density at radius 2 is 1.94 bits per heavy atom. The molecular weight excluding hydrogens is 300 g/mol. The number of pyridine rings is 1. The van der Waals surface area contributed by atoms with Crippen molar-refractivity contribution in [3.63, 3.8) is 0 Å². The molecule has 0 aliphatic rings. The van der Waals surface area contributed by atoms with E-state index in [0.29, 0.717) is 6.07 Å². The highest BCUT2D eigenvalue weighted by Gasteiger charge is 2.16. The molecule has 2 rings (SSSR count). The van der Waals surface area contributed by atoms with Gasteiger partial charge in [0.05, 0.1) is 15.4 Å². The Balaban J connectivity index is 3.01. The van der Waals surface area contributed by atoms with E-state index in [1.54, 1.807) is 0 Å². The van der Waals surface area contributed by atoms with Crippen LogP contribution in [0.4, 0.5) is 8.78 Å². The molecule has 0 aliphatic carbocycles. The van der Waals surface area contributed by atoms with Gasteiger partial charge < -0.3 is 10.1 Å². The molecule has 0 aliphatic heterocycles. The number of benzene rings is 1. The van der Waals surface area contributed by atoms with E-state index in [2.05, 4.69) is 20.9 Å². The highest BCUT2D eigenvalue weighted by Crippen LogP contribution is 2.25. The minimum Gasteiger partial charge on any atom is -0.477 e. The van der Waals surface area contributed by atoms with Crippen molar-refractivity contribution in [3.8, 4) is 0 Å². The van der Waals surface area contributed by atoms with E-state index in [4.69, 9.17) is 5.11 Å². The average Bonchev–Trinajstić information content (AvgIpc) is 2.25. The summed E-state index contributed by atoms with van der Waals surface area (Å²) in [7, 11) is 0. The first-order valence-corrected chi connectivity index (χ1v) is 5.15. The number of nitrogens with one attached hydrogen (secondary N) is 1. The summed E-state index contributed by atoms with van der Waals surface area (Å²) in [4.78, 5) is 24.5. The topological polar surface area (TPSA) is 70.2 Å². The number of carbonyl (C=O) groups is 1. The minimum absolute atomic E-state index is 0.202. The lowest BCUT2D eigenvalue weighted by molar-refractivity contribution is 0.0691. The second kappa shape index (κ2) is 3.92. The summed E-state index contributed by atoms with van der Waals surface area (Å²) in [5.74, 6) is -3.35. The molecule has 1 heterocycles. The fourth-order valence-electron chi connectivity index (χ4n) is 1.44. The number of halogens is 3. The molecule has 4 nitrogen and oxygen atoms in total.